The van der Waals surface area contributed by atoms with Crippen molar-refractivity contribution in [1.82, 2.24) is 9.80 Å². The van der Waals surface area contributed by atoms with Gasteiger partial charge in [-0.1, -0.05) is 30.3 Å². The van der Waals surface area contributed by atoms with Gasteiger partial charge in [0.2, 0.25) is 0 Å². The Balaban J connectivity index is 2.11. The van der Waals surface area contributed by atoms with Gasteiger partial charge in [-0.2, -0.15) is 0 Å². The Hall–Kier alpha value is -0.940. The molecule has 0 saturated carbocycles. The molecule has 2 atom stereocenters. The van der Waals surface area contributed by atoms with Crippen molar-refractivity contribution >= 4 is 0 Å². The Bertz CT molecular complexity index is 357. The molecule has 2 rings (SSSR count). The number of β-amino-alcohol motifs (C(OH)–C–C–N with tert-alkyl or cyclic N) is 1. The number of nitrogens with zero attached hydrogens (tertiary/aromatic N) is 2. The maximum absolute atomic E-state index is 9.76. The zero-order valence-electron chi connectivity index (χ0n) is 11.0. The normalized spacial score (nSPS) is 24.1. The number of aliphatic hydroxyl groups excluding tert-OH is 1. The number of nitrogens with two attached hydrogens (primary N) is 1. The lowest BCUT2D eigenvalue weighted by atomic mass is 10.0. The molecule has 1 saturated heterocycles. The lowest BCUT2D eigenvalue weighted by molar-refractivity contribution is 0.0435. The molecule has 0 amide bonds. The van der Waals surface area contributed by atoms with E-state index in [1.165, 1.54) is 5.56 Å². The molecule has 0 aliphatic carbocycles. The molecule has 1 aromatic carbocycles. The zero-order chi connectivity index (χ0) is 13.0. The van der Waals surface area contributed by atoms with Crippen LogP contribution in [0, 0.1) is 0 Å². The Morgan fingerprint density at radius 2 is 2.06 bits per heavy atom. The van der Waals surface area contributed by atoms with Gasteiger partial charge in [0.1, 0.15) is 0 Å². The predicted octanol–water partition coefficient (Wildman–Crippen LogP) is 0.295. The Morgan fingerprint density at radius 1 is 1.33 bits per heavy atom. The minimum Gasteiger partial charge on any atom is -0.390 e. The SMILES string of the molecule is CN1CCN(CC(O)CN)C(c2ccccc2)C1. The Kier molecular flexibility index (Phi) is 4.72. The standard InChI is InChI=1S/C14H23N3O/c1-16-7-8-17(10-13(18)9-15)14(11-16)12-5-3-2-4-6-12/h2-6,13-14,18H,7-11,15H2,1H3. The summed E-state index contributed by atoms with van der Waals surface area (Å²) in [6, 6.07) is 10.8. The third-order valence-electron chi connectivity index (χ3n) is 3.60. The molecule has 0 spiro atoms. The van der Waals surface area contributed by atoms with Crippen LogP contribution in [0.15, 0.2) is 30.3 Å². The molecule has 0 radical (unpaired) electrons. The van der Waals surface area contributed by atoms with Crippen molar-refractivity contribution in [3.63, 3.8) is 0 Å². The van der Waals surface area contributed by atoms with Crippen molar-refractivity contribution in [2.24, 2.45) is 5.73 Å². The average molecular weight is 249 g/mol. The van der Waals surface area contributed by atoms with Crippen LogP contribution in [0.2, 0.25) is 0 Å². The van der Waals surface area contributed by atoms with Gasteiger partial charge in [-0.05, 0) is 12.6 Å². The number of piperazine rings is 1. The summed E-state index contributed by atoms with van der Waals surface area (Å²) in [4.78, 5) is 4.68. The molecule has 2 unspecified atom stereocenters. The van der Waals surface area contributed by atoms with Crippen molar-refractivity contribution in [3.05, 3.63) is 35.9 Å². The summed E-state index contributed by atoms with van der Waals surface area (Å²) >= 11 is 0. The first kappa shape index (κ1) is 13.5. The fourth-order valence-electron chi connectivity index (χ4n) is 2.51. The summed E-state index contributed by atoms with van der Waals surface area (Å²) in [6.07, 6.45) is -0.431. The number of benzene rings is 1. The van der Waals surface area contributed by atoms with E-state index in [1.54, 1.807) is 0 Å². The molecular weight excluding hydrogens is 226 g/mol. The quantitative estimate of drug-likeness (QED) is 0.805. The summed E-state index contributed by atoms with van der Waals surface area (Å²) in [5, 5.41) is 9.76. The van der Waals surface area contributed by atoms with E-state index in [4.69, 9.17) is 5.73 Å². The molecule has 1 aromatic rings. The Morgan fingerprint density at radius 3 is 2.72 bits per heavy atom. The molecule has 0 bridgehead atoms. The van der Waals surface area contributed by atoms with Crippen molar-refractivity contribution < 1.29 is 5.11 Å². The van der Waals surface area contributed by atoms with Gasteiger partial charge in [0.05, 0.1) is 6.10 Å². The van der Waals surface area contributed by atoms with Crippen LogP contribution >= 0.6 is 0 Å². The van der Waals surface area contributed by atoms with E-state index in [9.17, 15) is 5.11 Å². The molecule has 3 N–H and O–H groups in total. The van der Waals surface area contributed by atoms with E-state index < -0.39 is 6.10 Å². The highest BCUT2D eigenvalue weighted by Crippen LogP contribution is 2.24. The van der Waals surface area contributed by atoms with Gasteiger partial charge in [0.25, 0.3) is 0 Å². The van der Waals surface area contributed by atoms with Crippen LogP contribution in [0.5, 0.6) is 0 Å². The van der Waals surface area contributed by atoms with Crippen LogP contribution in [-0.4, -0.2) is 60.8 Å². The second kappa shape index (κ2) is 6.29. The summed E-state index contributed by atoms with van der Waals surface area (Å²) in [5.74, 6) is 0. The molecule has 18 heavy (non-hydrogen) atoms. The lowest BCUT2D eigenvalue weighted by Crippen LogP contribution is -2.50. The summed E-state index contributed by atoms with van der Waals surface area (Å²) < 4.78 is 0. The smallest absolute Gasteiger partial charge is 0.0789 e. The molecule has 1 heterocycles. The monoisotopic (exact) mass is 249 g/mol. The van der Waals surface area contributed by atoms with Crippen LogP contribution < -0.4 is 5.73 Å². The largest absolute Gasteiger partial charge is 0.390 e. The van der Waals surface area contributed by atoms with E-state index in [0.29, 0.717) is 19.1 Å². The van der Waals surface area contributed by atoms with Crippen LogP contribution in [0.3, 0.4) is 0 Å². The minimum atomic E-state index is -0.431. The van der Waals surface area contributed by atoms with Gasteiger partial charge < -0.3 is 15.7 Å². The summed E-state index contributed by atoms with van der Waals surface area (Å²) in [7, 11) is 2.15. The van der Waals surface area contributed by atoms with Crippen LogP contribution in [0.1, 0.15) is 11.6 Å². The van der Waals surface area contributed by atoms with Gasteiger partial charge in [-0.3, -0.25) is 4.90 Å². The van der Waals surface area contributed by atoms with Crippen molar-refractivity contribution in [3.8, 4) is 0 Å². The average Bonchev–Trinajstić information content (AvgIpc) is 2.41. The van der Waals surface area contributed by atoms with Crippen LogP contribution in [0.25, 0.3) is 0 Å². The second-order valence-electron chi connectivity index (χ2n) is 5.07. The lowest BCUT2D eigenvalue weighted by Gasteiger charge is -2.41. The van der Waals surface area contributed by atoms with Gasteiger partial charge in [0.15, 0.2) is 0 Å². The minimum absolute atomic E-state index is 0.327. The Labute approximate surface area is 109 Å². The molecule has 0 aromatic heterocycles. The number of hydrogen-bond acceptors (Lipinski definition) is 4. The van der Waals surface area contributed by atoms with Crippen LogP contribution in [0.4, 0.5) is 0 Å². The first-order valence-electron chi connectivity index (χ1n) is 6.56. The van der Waals surface area contributed by atoms with Crippen molar-refractivity contribution in [2.45, 2.75) is 12.1 Å². The van der Waals surface area contributed by atoms with E-state index in [0.717, 1.165) is 19.6 Å². The molecule has 100 valence electrons. The van der Waals surface area contributed by atoms with E-state index in [2.05, 4.69) is 41.1 Å². The van der Waals surface area contributed by atoms with E-state index in [-0.39, 0.29) is 0 Å². The molecule has 4 nitrogen and oxygen atoms in total. The maximum Gasteiger partial charge on any atom is 0.0789 e. The molecular formula is C14H23N3O. The number of aliphatic hydroxyl groups is 1. The highest BCUT2D eigenvalue weighted by molar-refractivity contribution is 5.20. The summed E-state index contributed by atoms with van der Waals surface area (Å²) in [6.45, 7) is 4.01. The third kappa shape index (κ3) is 3.29. The van der Waals surface area contributed by atoms with Gasteiger partial charge in [-0.15, -0.1) is 0 Å². The van der Waals surface area contributed by atoms with Gasteiger partial charge in [0, 0.05) is 38.8 Å². The van der Waals surface area contributed by atoms with E-state index >= 15 is 0 Å². The highest BCUT2D eigenvalue weighted by atomic mass is 16.3. The first-order chi connectivity index (χ1) is 8.70. The third-order valence-corrected chi connectivity index (χ3v) is 3.60. The van der Waals surface area contributed by atoms with Gasteiger partial charge >= 0.3 is 0 Å². The van der Waals surface area contributed by atoms with Crippen molar-refractivity contribution in [1.29, 1.82) is 0 Å². The number of rotatable bonds is 4. The molecule has 1 aliphatic rings. The van der Waals surface area contributed by atoms with Crippen molar-refractivity contribution in [2.75, 3.05) is 39.8 Å². The number of hydrogen-bond donors (Lipinski definition) is 2. The molecule has 1 aliphatic heterocycles. The van der Waals surface area contributed by atoms with E-state index in [1.807, 2.05) is 6.07 Å². The zero-order valence-corrected chi connectivity index (χ0v) is 11.0. The molecule has 1 fully saturated rings. The fourth-order valence-corrected chi connectivity index (χ4v) is 2.51. The summed E-state index contributed by atoms with van der Waals surface area (Å²) in [5.41, 5.74) is 6.83. The predicted molar refractivity (Wildman–Crippen MR) is 73.3 cm³/mol. The number of likely N-dealkylation sites (N-methyl/N-ethyl adjacent to an activating group) is 1. The van der Waals surface area contributed by atoms with Gasteiger partial charge in [-0.25, -0.2) is 0 Å². The topological polar surface area (TPSA) is 52.7 Å². The molecule has 4 heteroatoms. The second-order valence-corrected chi connectivity index (χ2v) is 5.07. The highest BCUT2D eigenvalue weighted by Gasteiger charge is 2.27. The first-order valence-corrected chi connectivity index (χ1v) is 6.56. The van der Waals surface area contributed by atoms with Crippen LogP contribution in [-0.2, 0) is 0 Å². The fraction of sp³-hybridized carbons (Fsp3) is 0.571. The maximum atomic E-state index is 9.76.